The van der Waals surface area contributed by atoms with Gasteiger partial charge in [0.05, 0.1) is 0 Å². The molecule has 28 heavy (non-hydrogen) atoms. The van der Waals surface area contributed by atoms with Gasteiger partial charge in [0.15, 0.2) is 0 Å². The van der Waals surface area contributed by atoms with E-state index in [1.165, 1.54) is 27.5 Å². The molecule has 0 saturated heterocycles. The first-order chi connectivity index (χ1) is 13.7. The van der Waals surface area contributed by atoms with E-state index in [1.54, 1.807) is 0 Å². The van der Waals surface area contributed by atoms with Crippen molar-refractivity contribution in [2.75, 3.05) is 13.6 Å². The molecular weight excluding hydrogens is 405 g/mol. The Bertz CT molecular complexity index is 1150. The third kappa shape index (κ3) is 3.26. The van der Waals surface area contributed by atoms with Crippen LogP contribution in [0, 0.1) is 0 Å². The summed E-state index contributed by atoms with van der Waals surface area (Å²) in [6, 6.07) is 26.2. The number of nitrogens with zero attached hydrogens (tertiary/aromatic N) is 3. The van der Waals surface area contributed by atoms with Crippen LogP contribution >= 0.6 is 0 Å². The van der Waals surface area contributed by atoms with Gasteiger partial charge < -0.3 is 0 Å². The molecule has 4 aromatic rings. The fourth-order valence-electron chi connectivity index (χ4n) is 4.20. The van der Waals surface area contributed by atoms with E-state index in [2.05, 4.69) is 99.7 Å². The van der Waals surface area contributed by atoms with E-state index < -0.39 is 0 Å². The minimum absolute atomic E-state index is 0.383. The molecule has 2 radical (unpaired) electrons. The summed E-state index contributed by atoms with van der Waals surface area (Å²) < 4.78 is 0.880. The Balaban J connectivity index is 1.57. The van der Waals surface area contributed by atoms with Crippen molar-refractivity contribution in [3.8, 4) is 11.3 Å². The number of aromatic nitrogens is 2. The maximum absolute atomic E-state index is 4.35. The van der Waals surface area contributed by atoms with Gasteiger partial charge in [0, 0.05) is 0 Å². The van der Waals surface area contributed by atoms with Gasteiger partial charge in [-0.1, -0.05) is 24.3 Å². The monoisotopic (exact) mass is 425 g/mol. The second kappa shape index (κ2) is 7.16. The van der Waals surface area contributed by atoms with Crippen molar-refractivity contribution in [1.29, 1.82) is 0 Å². The Labute approximate surface area is 173 Å². The number of likely N-dealkylation sites (N-methyl/N-ethyl adjacent to an activating group) is 1. The number of fused-ring (bicyclic) bond motifs is 2. The molecule has 1 unspecified atom stereocenters. The molecular formula is C24H20AsN3. The second-order valence-corrected chi connectivity index (χ2v) is 8.51. The topological polar surface area (TPSA) is 29.0 Å². The van der Waals surface area contributed by atoms with Crippen molar-refractivity contribution in [2.24, 2.45) is 0 Å². The van der Waals surface area contributed by atoms with Gasteiger partial charge in [-0.3, -0.25) is 0 Å². The molecule has 3 nitrogen and oxygen atoms in total. The molecule has 0 spiro atoms. The summed E-state index contributed by atoms with van der Waals surface area (Å²) in [4.78, 5) is 2.41. The quantitative estimate of drug-likeness (QED) is 0.459. The molecule has 0 bridgehead atoms. The molecule has 136 valence electrons. The molecule has 1 aromatic heterocycles. The van der Waals surface area contributed by atoms with Crippen LogP contribution in [0.2, 0.25) is 0 Å². The number of benzene rings is 3. The summed E-state index contributed by atoms with van der Waals surface area (Å²) in [5, 5.41) is 11.1. The predicted octanol–water partition coefficient (Wildman–Crippen LogP) is 3.67. The van der Waals surface area contributed by atoms with Crippen molar-refractivity contribution in [2.45, 2.75) is 12.5 Å². The fraction of sp³-hybridized carbons (Fsp3) is 0.167. The summed E-state index contributed by atoms with van der Waals surface area (Å²) >= 11 is 2.43. The molecule has 0 fully saturated rings. The molecule has 5 rings (SSSR count). The van der Waals surface area contributed by atoms with Crippen molar-refractivity contribution >= 4 is 32.1 Å². The standard InChI is InChI=1S/C24H20AsN3/c1-28-14-20-13-19(23-10-11-24(25)27-26-23)8-9-21(20)22(15-28)18-7-6-16-4-2-3-5-17(16)12-18/h2-13,22H,14-15H2,1H3. The van der Waals surface area contributed by atoms with Crippen LogP contribution in [-0.4, -0.2) is 45.5 Å². The van der Waals surface area contributed by atoms with Gasteiger partial charge in [-0.2, -0.15) is 0 Å². The fourth-order valence-corrected chi connectivity index (χ4v) is 4.45. The van der Waals surface area contributed by atoms with Crippen molar-refractivity contribution in [3.63, 3.8) is 0 Å². The molecule has 3 aromatic carbocycles. The van der Waals surface area contributed by atoms with Crippen LogP contribution in [0.15, 0.2) is 72.8 Å². The van der Waals surface area contributed by atoms with Gasteiger partial charge in [-0.15, -0.1) is 0 Å². The van der Waals surface area contributed by atoms with Crippen LogP contribution in [0.5, 0.6) is 0 Å². The molecule has 0 amide bonds. The van der Waals surface area contributed by atoms with Crippen molar-refractivity contribution < 1.29 is 0 Å². The Kier molecular flexibility index (Phi) is 4.50. The van der Waals surface area contributed by atoms with Crippen LogP contribution in [0.25, 0.3) is 22.0 Å². The van der Waals surface area contributed by atoms with Crippen LogP contribution in [0.3, 0.4) is 0 Å². The molecule has 4 heteroatoms. The molecule has 1 atom stereocenters. The van der Waals surface area contributed by atoms with E-state index in [0.717, 1.165) is 28.8 Å². The van der Waals surface area contributed by atoms with E-state index in [9.17, 15) is 0 Å². The van der Waals surface area contributed by atoms with E-state index in [4.69, 9.17) is 0 Å². The zero-order valence-electron chi connectivity index (χ0n) is 15.7. The van der Waals surface area contributed by atoms with Crippen LogP contribution < -0.4 is 4.48 Å². The van der Waals surface area contributed by atoms with Gasteiger partial charge in [-0.05, 0) is 5.39 Å². The average Bonchev–Trinajstić information content (AvgIpc) is 2.73. The van der Waals surface area contributed by atoms with Crippen molar-refractivity contribution in [1.82, 2.24) is 15.1 Å². The predicted molar refractivity (Wildman–Crippen MR) is 115 cm³/mol. The Morgan fingerprint density at radius 2 is 1.75 bits per heavy atom. The third-order valence-corrected chi connectivity index (χ3v) is 6.08. The van der Waals surface area contributed by atoms with E-state index >= 15 is 0 Å². The minimum atomic E-state index is 0.383. The third-order valence-electron chi connectivity index (χ3n) is 5.58. The molecule has 0 N–H and O–H groups in total. The number of hydrogen-bond acceptors (Lipinski definition) is 3. The van der Waals surface area contributed by atoms with Gasteiger partial charge in [-0.25, -0.2) is 0 Å². The van der Waals surface area contributed by atoms with Gasteiger partial charge in [0.2, 0.25) is 0 Å². The molecule has 1 aliphatic rings. The van der Waals surface area contributed by atoms with Crippen LogP contribution in [0.4, 0.5) is 0 Å². The first-order valence-corrected chi connectivity index (χ1v) is 10.4. The molecule has 0 aliphatic carbocycles. The Morgan fingerprint density at radius 1 is 0.893 bits per heavy atom. The average molecular weight is 425 g/mol. The number of rotatable bonds is 2. The Hall–Kier alpha value is -2.48. The Morgan fingerprint density at radius 3 is 2.57 bits per heavy atom. The summed E-state index contributed by atoms with van der Waals surface area (Å²) in [6.07, 6.45) is 0. The molecule has 1 aliphatic heterocycles. The van der Waals surface area contributed by atoms with E-state index in [1.807, 2.05) is 12.1 Å². The van der Waals surface area contributed by atoms with Gasteiger partial charge >= 0.3 is 144 Å². The van der Waals surface area contributed by atoms with Crippen molar-refractivity contribution in [3.05, 3.63) is 89.5 Å². The van der Waals surface area contributed by atoms with Gasteiger partial charge in [0.1, 0.15) is 0 Å². The summed E-state index contributed by atoms with van der Waals surface area (Å²) in [6.45, 7) is 2.00. The molecule has 0 saturated carbocycles. The summed E-state index contributed by atoms with van der Waals surface area (Å²) in [5.41, 5.74) is 6.24. The number of hydrogen-bond donors (Lipinski definition) is 0. The summed E-state index contributed by atoms with van der Waals surface area (Å²) in [7, 11) is 2.20. The second-order valence-electron chi connectivity index (χ2n) is 7.55. The summed E-state index contributed by atoms with van der Waals surface area (Å²) in [5.74, 6) is 0.383. The first kappa shape index (κ1) is 17.6. The molecule has 2 heterocycles. The zero-order chi connectivity index (χ0) is 19.1. The van der Waals surface area contributed by atoms with Crippen LogP contribution in [0.1, 0.15) is 22.6 Å². The normalized spacial score (nSPS) is 16.9. The first-order valence-electron chi connectivity index (χ1n) is 9.50. The van der Waals surface area contributed by atoms with E-state index in [-0.39, 0.29) is 0 Å². The van der Waals surface area contributed by atoms with E-state index in [0.29, 0.717) is 5.92 Å². The SMILES string of the molecule is CN1Cc2cc(-c3ccc([As])nn3)ccc2C(c2ccc3ccccc3c2)C1. The maximum atomic E-state index is 4.35. The van der Waals surface area contributed by atoms with Gasteiger partial charge in [0.25, 0.3) is 0 Å². The zero-order valence-corrected chi connectivity index (χ0v) is 17.6. The van der Waals surface area contributed by atoms with Crippen LogP contribution in [-0.2, 0) is 6.54 Å².